The molecule has 1 N–H and O–H groups in total. The second-order valence-corrected chi connectivity index (χ2v) is 7.41. The van der Waals surface area contributed by atoms with E-state index in [-0.39, 0.29) is 5.91 Å². The molecule has 0 atom stereocenters. The third-order valence-corrected chi connectivity index (χ3v) is 5.74. The monoisotopic (exact) mass is 279 g/mol. The van der Waals surface area contributed by atoms with Gasteiger partial charge >= 0.3 is 0 Å². The zero-order chi connectivity index (χ0) is 14.2. The fourth-order valence-corrected chi connectivity index (χ4v) is 4.41. The number of carbonyl (C=O) groups excluding carboxylic acids is 1. The van der Waals surface area contributed by atoms with Crippen molar-refractivity contribution in [3.63, 3.8) is 0 Å². The smallest absolute Gasteiger partial charge is 0.217 e. The van der Waals surface area contributed by atoms with Gasteiger partial charge in [-0.25, -0.2) is 0 Å². The highest BCUT2D eigenvalue weighted by atomic mass is 16.1. The molecule has 3 aliphatic rings. The molecule has 4 nitrogen and oxygen atoms in total. The van der Waals surface area contributed by atoms with Gasteiger partial charge in [-0.15, -0.1) is 0 Å². The number of nitrogens with one attached hydrogen (secondary N) is 1. The lowest BCUT2D eigenvalue weighted by atomic mass is 9.66. The van der Waals surface area contributed by atoms with Crippen molar-refractivity contribution in [2.45, 2.75) is 57.5 Å². The maximum atomic E-state index is 11.1. The van der Waals surface area contributed by atoms with E-state index in [2.05, 4.69) is 22.2 Å². The molecule has 4 heteroatoms. The number of amides is 1. The van der Waals surface area contributed by atoms with E-state index in [1.54, 1.807) is 6.92 Å². The summed E-state index contributed by atoms with van der Waals surface area (Å²) in [7, 11) is 2.23. The van der Waals surface area contributed by atoms with Gasteiger partial charge in [-0.3, -0.25) is 9.69 Å². The van der Waals surface area contributed by atoms with Gasteiger partial charge in [0, 0.05) is 32.1 Å². The minimum absolute atomic E-state index is 0.132. The molecule has 1 aliphatic carbocycles. The number of likely N-dealkylation sites (tertiary alicyclic amines) is 2. The number of carbonyl (C=O) groups is 1. The Morgan fingerprint density at radius 1 is 1.10 bits per heavy atom. The minimum atomic E-state index is 0.132. The molecule has 3 fully saturated rings. The number of nitrogens with zero attached hydrogens (tertiary/aromatic N) is 2. The molecule has 20 heavy (non-hydrogen) atoms. The van der Waals surface area contributed by atoms with Crippen LogP contribution in [0.5, 0.6) is 0 Å². The first-order chi connectivity index (χ1) is 9.56. The average molecular weight is 279 g/mol. The Bertz CT molecular complexity index is 347. The molecule has 0 unspecified atom stereocenters. The highest BCUT2D eigenvalue weighted by Crippen LogP contribution is 2.45. The van der Waals surface area contributed by atoms with E-state index >= 15 is 0 Å². The minimum Gasteiger partial charge on any atom is -0.354 e. The van der Waals surface area contributed by atoms with Crippen LogP contribution in [-0.4, -0.2) is 61.0 Å². The Balaban J connectivity index is 1.43. The van der Waals surface area contributed by atoms with Crippen LogP contribution in [0.3, 0.4) is 0 Å². The van der Waals surface area contributed by atoms with Crippen LogP contribution in [0.2, 0.25) is 0 Å². The van der Waals surface area contributed by atoms with Crippen LogP contribution in [0, 0.1) is 5.41 Å². The van der Waals surface area contributed by atoms with Crippen molar-refractivity contribution in [2.24, 2.45) is 5.41 Å². The van der Waals surface area contributed by atoms with Crippen molar-refractivity contribution in [2.75, 3.05) is 33.2 Å². The third kappa shape index (κ3) is 3.01. The Kier molecular flexibility index (Phi) is 4.04. The van der Waals surface area contributed by atoms with Crippen molar-refractivity contribution in [3.8, 4) is 0 Å². The van der Waals surface area contributed by atoms with E-state index in [9.17, 15) is 4.79 Å². The summed E-state index contributed by atoms with van der Waals surface area (Å²) in [6, 6.07) is 1.28. The van der Waals surface area contributed by atoms with E-state index in [0.29, 0.717) is 11.5 Å². The Labute approximate surface area is 122 Å². The first kappa shape index (κ1) is 14.3. The summed E-state index contributed by atoms with van der Waals surface area (Å²) >= 11 is 0. The van der Waals surface area contributed by atoms with Crippen LogP contribution in [0.4, 0.5) is 0 Å². The molecule has 1 saturated carbocycles. The van der Waals surface area contributed by atoms with E-state index in [1.165, 1.54) is 64.7 Å². The van der Waals surface area contributed by atoms with Crippen LogP contribution in [-0.2, 0) is 4.79 Å². The lowest BCUT2D eigenvalue weighted by Crippen LogP contribution is -2.62. The molecule has 2 saturated heterocycles. The number of piperidine rings is 1. The van der Waals surface area contributed by atoms with Gasteiger partial charge in [0.2, 0.25) is 5.91 Å². The molecule has 2 heterocycles. The predicted octanol–water partition coefficient (Wildman–Crippen LogP) is 1.46. The second kappa shape index (κ2) is 5.64. The van der Waals surface area contributed by atoms with Gasteiger partial charge in [0.05, 0.1) is 0 Å². The molecule has 0 aromatic heterocycles. The van der Waals surface area contributed by atoms with Gasteiger partial charge in [-0.1, -0.05) is 0 Å². The largest absolute Gasteiger partial charge is 0.354 e. The molecule has 3 rings (SSSR count). The third-order valence-electron chi connectivity index (χ3n) is 5.74. The molecule has 1 amide bonds. The lowest BCUT2D eigenvalue weighted by Gasteiger charge is -2.57. The second-order valence-electron chi connectivity index (χ2n) is 7.41. The molecule has 0 radical (unpaired) electrons. The van der Waals surface area contributed by atoms with Crippen LogP contribution in [0.25, 0.3) is 0 Å². The molecule has 2 aliphatic heterocycles. The van der Waals surface area contributed by atoms with Crippen molar-refractivity contribution in [1.82, 2.24) is 15.1 Å². The summed E-state index contributed by atoms with van der Waals surface area (Å²) < 4.78 is 0. The Hall–Kier alpha value is -0.610. The number of hydrogen-bond donors (Lipinski definition) is 1. The maximum Gasteiger partial charge on any atom is 0.217 e. The van der Waals surface area contributed by atoms with Gasteiger partial charge in [-0.05, 0) is 64.1 Å². The normalized spacial score (nSPS) is 29.3. The molecule has 0 aromatic rings. The van der Waals surface area contributed by atoms with Crippen molar-refractivity contribution < 1.29 is 4.79 Å². The van der Waals surface area contributed by atoms with Gasteiger partial charge in [0.1, 0.15) is 0 Å². The summed E-state index contributed by atoms with van der Waals surface area (Å²) in [5.41, 5.74) is 0.596. The van der Waals surface area contributed by atoms with Gasteiger partial charge in [0.15, 0.2) is 0 Å². The molecular formula is C16H29N3O. The quantitative estimate of drug-likeness (QED) is 0.831. The highest BCUT2D eigenvalue weighted by Gasteiger charge is 2.47. The molecular weight excluding hydrogens is 250 g/mol. The summed E-state index contributed by atoms with van der Waals surface area (Å²) in [6.45, 7) is 6.79. The van der Waals surface area contributed by atoms with Crippen molar-refractivity contribution in [1.29, 1.82) is 0 Å². The summed E-state index contributed by atoms with van der Waals surface area (Å²) in [6.07, 6.45) is 7.67. The van der Waals surface area contributed by atoms with Crippen LogP contribution >= 0.6 is 0 Å². The van der Waals surface area contributed by atoms with E-state index < -0.39 is 0 Å². The van der Waals surface area contributed by atoms with E-state index in [0.717, 1.165) is 6.04 Å². The summed E-state index contributed by atoms with van der Waals surface area (Å²) in [5.74, 6) is 0.132. The molecule has 0 aromatic carbocycles. The standard InChI is InChI=1S/C16H29N3O/c1-13(20)17-14-3-7-16(8-4-14)11-19(12-16)15-5-9-18(2)10-6-15/h14-15H,3-12H2,1-2H3,(H,17,20). The van der Waals surface area contributed by atoms with Crippen LogP contribution in [0.15, 0.2) is 0 Å². The summed E-state index contributed by atoms with van der Waals surface area (Å²) in [5, 5.41) is 3.09. The van der Waals surface area contributed by atoms with Crippen molar-refractivity contribution >= 4 is 5.91 Å². The highest BCUT2D eigenvalue weighted by molar-refractivity contribution is 5.73. The lowest BCUT2D eigenvalue weighted by molar-refractivity contribution is -0.120. The van der Waals surface area contributed by atoms with Gasteiger partial charge in [-0.2, -0.15) is 0 Å². The van der Waals surface area contributed by atoms with E-state index in [1.807, 2.05) is 0 Å². The summed E-state index contributed by atoms with van der Waals surface area (Å²) in [4.78, 5) is 16.3. The van der Waals surface area contributed by atoms with E-state index in [4.69, 9.17) is 0 Å². The zero-order valence-electron chi connectivity index (χ0n) is 13.0. The fraction of sp³-hybridized carbons (Fsp3) is 0.938. The fourth-order valence-electron chi connectivity index (χ4n) is 4.41. The Morgan fingerprint density at radius 2 is 1.70 bits per heavy atom. The first-order valence-corrected chi connectivity index (χ1v) is 8.26. The number of hydrogen-bond acceptors (Lipinski definition) is 3. The Morgan fingerprint density at radius 3 is 2.25 bits per heavy atom. The first-order valence-electron chi connectivity index (χ1n) is 8.26. The SMILES string of the molecule is CC(=O)NC1CCC2(CC1)CN(C1CCN(C)CC1)C2. The van der Waals surface area contributed by atoms with Gasteiger partial charge in [0.25, 0.3) is 0 Å². The van der Waals surface area contributed by atoms with Crippen LogP contribution in [0.1, 0.15) is 45.4 Å². The average Bonchev–Trinajstić information content (AvgIpc) is 2.38. The topological polar surface area (TPSA) is 35.6 Å². The maximum absolute atomic E-state index is 11.1. The zero-order valence-corrected chi connectivity index (χ0v) is 13.0. The predicted molar refractivity (Wildman–Crippen MR) is 80.6 cm³/mol. The van der Waals surface area contributed by atoms with Crippen molar-refractivity contribution in [3.05, 3.63) is 0 Å². The number of rotatable bonds is 2. The molecule has 114 valence electrons. The van der Waals surface area contributed by atoms with Gasteiger partial charge < -0.3 is 10.2 Å². The molecule has 0 bridgehead atoms. The van der Waals surface area contributed by atoms with Crippen LogP contribution < -0.4 is 5.32 Å². The molecule has 1 spiro atoms.